The molecule has 3 aromatic carbocycles. The molecule has 2 aliphatic carbocycles. The molecule has 5 rings (SSSR count). The normalized spacial score (nSPS) is 22.3. The second kappa shape index (κ2) is 13.3. The molecule has 2 saturated carbocycles. The highest BCUT2D eigenvalue weighted by molar-refractivity contribution is 5.90. The highest BCUT2D eigenvalue weighted by atomic mass is 16.6. The molecule has 2 aliphatic rings. The van der Waals surface area contributed by atoms with Crippen LogP contribution >= 0.6 is 0 Å². The molecule has 0 heterocycles. The van der Waals surface area contributed by atoms with Crippen LogP contribution in [0, 0.1) is 11.8 Å². The van der Waals surface area contributed by atoms with Gasteiger partial charge in [-0.25, -0.2) is 4.79 Å². The quantitative estimate of drug-likeness (QED) is 0.300. The number of aliphatic hydroxyl groups excluding tert-OH is 1. The van der Waals surface area contributed by atoms with Gasteiger partial charge in [-0.2, -0.15) is 0 Å². The van der Waals surface area contributed by atoms with Crippen molar-refractivity contribution in [3.05, 3.63) is 83.9 Å². The van der Waals surface area contributed by atoms with E-state index in [1.165, 1.54) is 12.8 Å². The maximum absolute atomic E-state index is 13.8. The number of fused-ring (bicyclic) bond motifs is 3. The van der Waals surface area contributed by atoms with Crippen LogP contribution in [0.3, 0.4) is 0 Å². The molecule has 6 heteroatoms. The molecule has 6 nitrogen and oxygen atoms in total. The molecular weight excluding hydrogens is 500 g/mol. The van der Waals surface area contributed by atoms with E-state index in [9.17, 15) is 14.7 Å². The number of hydrogen-bond donors (Lipinski definition) is 3. The Balaban J connectivity index is 0.00000370. The maximum atomic E-state index is 13.8. The summed E-state index contributed by atoms with van der Waals surface area (Å²) in [7, 11) is 0. The zero-order valence-electron chi connectivity index (χ0n) is 22.8. The zero-order chi connectivity index (χ0) is 27.2. The van der Waals surface area contributed by atoms with Gasteiger partial charge in [0.1, 0.15) is 11.6 Å². The number of carbonyl (C=O) groups excluding carboxylic acids is 2. The van der Waals surface area contributed by atoms with Crippen LogP contribution in [0.1, 0.15) is 64.0 Å². The van der Waals surface area contributed by atoms with Gasteiger partial charge in [-0.1, -0.05) is 93.1 Å². The minimum Gasteiger partial charge on any atom is -0.446 e. The van der Waals surface area contributed by atoms with Gasteiger partial charge in [-0.3, -0.25) is 4.79 Å². The molecule has 3 aromatic rings. The van der Waals surface area contributed by atoms with Crippen molar-refractivity contribution < 1.29 is 19.4 Å². The molecule has 2 bridgehead atoms. The van der Waals surface area contributed by atoms with E-state index in [1.54, 1.807) is 6.92 Å². The van der Waals surface area contributed by atoms with Gasteiger partial charge in [-0.15, -0.1) is 0 Å². The topological polar surface area (TPSA) is 87.7 Å². The van der Waals surface area contributed by atoms with Crippen molar-refractivity contribution in [3.8, 4) is 0 Å². The molecule has 5 atom stereocenters. The van der Waals surface area contributed by atoms with Crippen molar-refractivity contribution in [2.24, 2.45) is 11.8 Å². The smallest absolute Gasteiger partial charge is 0.408 e. The molecule has 0 radical (unpaired) electrons. The summed E-state index contributed by atoms with van der Waals surface area (Å²) in [6, 6.07) is 23.4. The zero-order valence-corrected chi connectivity index (χ0v) is 22.8. The van der Waals surface area contributed by atoms with Gasteiger partial charge >= 0.3 is 6.09 Å². The Morgan fingerprint density at radius 2 is 1.70 bits per heavy atom. The molecule has 2 fully saturated rings. The number of aliphatic hydroxyl groups is 1. The van der Waals surface area contributed by atoms with Crippen molar-refractivity contribution in [3.63, 3.8) is 0 Å². The standard InChI is InChI=1S/C33H40N2O4.CH4/c1-33(21-25-14-16-26-11-5-6-12-27(26)19-25,31(37)34-29(22-36)20-23-8-3-2-4-9-23)35-32(38)39-30-17-15-24-10-7-13-28(30)18-24;/h2-6,8-9,11-12,14,16,19,24,28-30,36H,7,10,13,15,17-18,20-22H2,1H3,(H,34,37)(H,35,38);1H4. The Kier molecular flexibility index (Phi) is 9.85. The predicted molar refractivity (Wildman–Crippen MR) is 160 cm³/mol. The first-order chi connectivity index (χ1) is 18.9. The number of carbonyl (C=O) groups is 2. The van der Waals surface area contributed by atoms with Crippen molar-refractivity contribution in [1.29, 1.82) is 0 Å². The van der Waals surface area contributed by atoms with Crippen molar-refractivity contribution >= 4 is 22.8 Å². The maximum Gasteiger partial charge on any atom is 0.408 e. The average Bonchev–Trinajstić information content (AvgIpc) is 2.95. The number of alkyl carbamates (subject to hydrolysis) is 1. The summed E-state index contributed by atoms with van der Waals surface area (Å²) < 4.78 is 5.98. The van der Waals surface area contributed by atoms with Gasteiger partial charge in [0.15, 0.2) is 0 Å². The molecule has 0 aliphatic heterocycles. The van der Waals surface area contributed by atoms with Gasteiger partial charge in [-0.05, 0) is 72.8 Å². The van der Waals surface area contributed by atoms with Gasteiger partial charge in [0.2, 0.25) is 5.91 Å². The second-order valence-corrected chi connectivity index (χ2v) is 11.7. The second-order valence-electron chi connectivity index (χ2n) is 11.7. The summed E-state index contributed by atoms with van der Waals surface area (Å²) in [5.41, 5.74) is 0.680. The molecule has 214 valence electrons. The monoisotopic (exact) mass is 544 g/mol. The minimum atomic E-state index is -1.27. The van der Waals surface area contributed by atoms with E-state index in [-0.39, 0.29) is 26.0 Å². The van der Waals surface area contributed by atoms with Crippen molar-refractivity contribution in [1.82, 2.24) is 10.6 Å². The highest BCUT2D eigenvalue weighted by Gasteiger charge is 2.40. The average molecular weight is 545 g/mol. The van der Waals surface area contributed by atoms with Gasteiger partial charge in [0.25, 0.3) is 0 Å². The molecule has 5 unspecified atom stereocenters. The number of rotatable bonds is 9. The summed E-state index contributed by atoms with van der Waals surface area (Å²) in [4.78, 5) is 27.1. The lowest BCUT2D eigenvalue weighted by Gasteiger charge is -2.40. The Morgan fingerprint density at radius 1 is 0.950 bits per heavy atom. The molecular formula is C34H44N2O4. The van der Waals surface area contributed by atoms with Crippen molar-refractivity contribution in [2.45, 2.75) is 83.4 Å². The van der Waals surface area contributed by atoms with Crippen LogP contribution in [0.25, 0.3) is 10.8 Å². The van der Waals surface area contributed by atoms with Crippen LogP contribution in [0.2, 0.25) is 0 Å². The lowest BCUT2D eigenvalue weighted by atomic mass is 9.71. The van der Waals surface area contributed by atoms with Crippen LogP contribution in [-0.2, 0) is 22.4 Å². The summed E-state index contributed by atoms with van der Waals surface area (Å²) >= 11 is 0. The van der Waals surface area contributed by atoms with E-state index >= 15 is 0 Å². The van der Waals surface area contributed by atoms with Crippen molar-refractivity contribution in [2.75, 3.05) is 6.61 Å². The molecule has 2 amide bonds. The lowest BCUT2D eigenvalue weighted by Crippen LogP contribution is -2.61. The molecule has 0 saturated heterocycles. The van der Waals surface area contributed by atoms with E-state index in [4.69, 9.17) is 4.74 Å². The van der Waals surface area contributed by atoms with Gasteiger partial charge < -0.3 is 20.5 Å². The van der Waals surface area contributed by atoms with Crippen LogP contribution in [0.15, 0.2) is 72.8 Å². The SMILES string of the molecule is C.CC(Cc1ccc2ccccc2c1)(NC(=O)OC1CCC2CCCC1C2)C(=O)NC(CO)Cc1ccccc1. The predicted octanol–water partition coefficient (Wildman–Crippen LogP) is 6.19. The van der Waals surface area contributed by atoms with Crippen LogP contribution in [0.4, 0.5) is 4.79 Å². The summed E-state index contributed by atoms with van der Waals surface area (Å²) in [5.74, 6) is 0.827. The van der Waals surface area contributed by atoms with Gasteiger partial charge in [0, 0.05) is 6.42 Å². The highest BCUT2D eigenvalue weighted by Crippen LogP contribution is 2.41. The number of ether oxygens (including phenoxy) is 1. The first-order valence-corrected chi connectivity index (χ1v) is 14.3. The minimum absolute atomic E-state index is 0. The lowest BCUT2D eigenvalue weighted by molar-refractivity contribution is -0.128. The summed E-state index contributed by atoms with van der Waals surface area (Å²) in [6.45, 7) is 1.54. The third kappa shape index (κ3) is 7.22. The van der Waals surface area contributed by atoms with Crippen LogP contribution in [-0.4, -0.2) is 41.4 Å². The number of hydrogen-bond acceptors (Lipinski definition) is 4. The first-order valence-electron chi connectivity index (χ1n) is 14.3. The Bertz CT molecular complexity index is 1280. The molecule has 0 spiro atoms. The number of benzene rings is 3. The third-order valence-corrected chi connectivity index (χ3v) is 8.60. The summed E-state index contributed by atoms with van der Waals surface area (Å²) in [6.07, 6.45) is 6.83. The molecule has 3 N–H and O–H groups in total. The van der Waals surface area contributed by atoms with Gasteiger partial charge in [0.05, 0.1) is 12.6 Å². The fourth-order valence-electron chi connectivity index (χ4n) is 6.46. The Hall–Kier alpha value is -3.38. The largest absolute Gasteiger partial charge is 0.446 e. The number of amides is 2. The summed E-state index contributed by atoms with van der Waals surface area (Å²) in [5, 5.41) is 18.2. The number of nitrogens with one attached hydrogen (secondary N) is 2. The van der Waals surface area contributed by atoms with E-state index < -0.39 is 17.7 Å². The van der Waals surface area contributed by atoms with E-state index in [1.807, 2.05) is 60.7 Å². The fraction of sp³-hybridized carbons (Fsp3) is 0.471. The Morgan fingerprint density at radius 3 is 2.48 bits per heavy atom. The molecule has 40 heavy (non-hydrogen) atoms. The Labute approximate surface area is 238 Å². The molecule has 0 aromatic heterocycles. The van der Waals surface area contributed by atoms with E-state index in [0.717, 1.165) is 53.5 Å². The van der Waals surface area contributed by atoms with E-state index in [0.29, 0.717) is 18.8 Å². The fourth-order valence-corrected chi connectivity index (χ4v) is 6.46. The van der Waals surface area contributed by atoms with E-state index in [2.05, 4.69) is 22.8 Å². The van der Waals surface area contributed by atoms with Crippen LogP contribution in [0.5, 0.6) is 0 Å². The third-order valence-electron chi connectivity index (χ3n) is 8.60. The first kappa shape index (κ1) is 29.6. The van der Waals surface area contributed by atoms with Crippen LogP contribution < -0.4 is 10.6 Å².